The van der Waals surface area contributed by atoms with E-state index in [4.69, 9.17) is 0 Å². The predicted molar refractivity (Wildman–Crippen MR) is 56.9 cm³/mol. The van der Waals surface area contributed by atoms with Crippen LogP contribution >= 0.6 is 0 Å². The summed E-state index contributed by atoms with van der Waals surface area (Å²) in [7, 11) is -0.807. The monoisotopic (exact) mass is 204 g/mol. The summed E-state index contributed by atoms with van der Waals surface area (Å²) in [6.45, 7) is 4.21. The van der Waals surface area contributed by atoms with E-state index in [1.165, 1.54) is 6.42 Å². The van der Waals surface area contributed by atoms with Gasteiger partial charge in [0, 0.05) is 18.3 Å². The summed E-state index contributed by atoms with van der Waals surface area (Å²) in [5, 5.41) is 3.30. The average molecular weight is 204 g/mol. The van der Waals surface area contributed by atoms with Gasteiger partial charge in [-0.15, -0.1) is 0 Å². The highest BCUT2D eigenvalue weighted by Crippen LogP contribution is 2.02. The van der Waals surface area contributed by atoms with Gasteiger partial charge in [0.2, 0.25) is 0 Å². The van der Waals surface area contributed by atoms with Crippen LogP contribution in [0.25, 0.3) is 0 Å². The van der Waals surface area contributed by atoms with Crippen LogP contribution in [0.3, 0.4) is 0 Å². The van der Waals surface area contributed by atoms with Crippen molar-refractivity contribution in [2.24, 2.45) is 0 Å². The molecule has 1 aliphatic rings. The van der Waals surface area contributed by atoms with E-state index in [0.29, 0.717) is 6.04 Å². The largest absolute Gasteiger partial charge is 0.315 e. The molecule has 2 atom stereocenters. The first-order valence-corrected chi connectivity index (χ1v) is 6.50. The molecule has 0 saturated carbocycles. The first-order valence-electron chi connectivity index (χ1n) is 5.18. The molecule has 0 aromatic carbocycles. The SMILES string of the molecule is CCCCS(=O)NC1CCCNC1. The first kappa shape index (κ1) is 11.1. The number of unbranched alkanes of at least 4 members (excludes halogenated alkanes) is 1. The van der Waals surface area contributed by atoms with Crippen molar-refractivity contribution in [3.05, 3.63) is 0 Å². The number of hydrogen-bond donors (Lipinski definition) is 2. The number of nitrogens with one attached hydrogen (secondary N) is 2. The van der Waals surface area contributed by atoms with Gasteiger partial charge >= 0.3 is 0 Å². The Kier molecular flexibility index (Phi) is 5.58. The van der Waals surface area contributed by atoms with E-state index in [1.807, 2.05) is 0 Å². The summed E-state index contributed by atoms with van der Waals surface area (Å²) >= 11 is 0. The summed E-state index contributed by atoms with van der Waals surface area (Å²) in [6.07, 6.45) is 4.53. The zero-order chi connectivity index (χ0) is 9.52. The minimum Gasteiger partial charge on any atom is -0.315 e. The normalized spacial score (nSPS) is 25.8. The number of rotatable bonds is 5. The second-order valence-corrected chi connectivity index (χ2v) is 4.90. The van der Waals surface area contributed by atoms with E-state index in [2.05, 4.69) is 17.0 Å². The van der Waals surface area contributed by atoms with Crippen molar-refractivity contribution in [1.29, 1.82) is 0 Å². The Bertz CT molecular complexity index is 158. The van der Waals surface area contributed by atoms with E-state index in [1.54, 1.807) is 0 Å². The van der Waals surface area contributed by atoms with Crippen molar-refractivity contribution in [2.45, 2.75) is 38.6 Å². The molecule has 0 bridgehead atoms. The molecule has 1 fully saturated rings. The first-order chi connectivity index (χ1) is 6.33. The second-order valence-electron chi connectivity index (χ2n) is 3.56. The van der Waals surface area contributed by atoms with Gasteiger partial charge in [0.25, 0.3) is 0 Å². The molecule has 0 amide bonds. The molecule has 0 aliphatic carbocycles. The van der Waals surface area contributed by atoms with Gasteiger partial charge in [-0.1, -0.05) is 13.3 Å². The maximum absolute atomic E-state index is 11.4. The van der Waals surface area contributed by atoms with Crippen LogP contribution in [0.5, 0.6) is 0 Å². The Hall–Kier alpha value is 0.0700. The molecular weight excluding hydrogens is 184 g/mol. The Labute approximate surface area is 83.3 Å². The molecule has 1 saturated heterocycles. The van der Waals surface area contributed by atoms with E-state index in [-0.39, 0.29) is 0 Å². The third-order valence-corrected chi connectivity index (χ3v) is 3.53. The average Bonchev–Trinajstić information content (AvgIpc) is 2.16. The topological polar surface area (TPSA) is 41.1 Å². The van der Waals surface area contributed by atoms with E-state index in [0.717, 1.165) is 38.1 Å². The van der Waals surface area contributed by atoms with Crippen LogP contribution in [0, 0.1) is 0 Å². The third-order valence-electron chi connectivity index (χ3n) is 2.28. The molecule has 0 aromatic heterocycles. The van der Waals surface area contributed by atoms with Gasteiger partial charge < -0.3 is 5.32 Å². The number of hydrogen-bond acceptors (Lipinski definition) is 2. The van der Waals surface area contributed by atoms with Gasteiger partial charge in [-0.2, -0.15) is 0 Å². The fourth-order valence-electron chi connectivity index (χ4n) is 1.47. The highest BCUT2D eigenvalue weighted by atomic mass is 32.2. The lowest BCUT2D eigenvalue weighted by atomic mass is 10.1. The second kappa shape index (κ2) is 6.51. The smallest absolute Gasteiger partial charge is 0.0918 e. The van der Waals surface area contributed by atoms with Gasteiger partial charge in [-0.3, -0.25) is 0 Å². The fourth-order valence-corrected chi connectivity index (χ4v) is 2.71. The molecular formula is C9H20N2OS. The molecule has 13 heavy (non-hydrogen) atoms. The van der Waals surface area contributed by atoms with Crippen molar-refractivity contribution in [1.82, 2.24) is 10.0 Å². The van der Waals surface area contributed by atoms with Crippen LogP contribution in [0.2, 0.25) is 0 Å². The highest BCUT2D eigenvalue weighted by Gasteiger charge is 2.14. The van der Waals surface area contributed by atoms with Crippen molar-refractivity contribution >= 4 is 11.0 Å². The van der Waals surface area contributed by atoms with Crippen LogP contribution < -0.4 is 10.0 Å². The van der Waals surface area contributed by atoms with Gasteiger partial charge in [0.1, 0.15) is 0 Å². The van der Waals surface area contributed by atoms with Crippen molar-refractivity contribution < 1.29 is 4.21 Å². The summed E-state index contributed by atoms with van der Waals surface area (Å²) in [4.78, 5) is 0. The van der Waals surface area contributed by atoms with Gasteiger partial charge in [0.05, 0.1) is 11.0 Å². The molecule has 3 nitrogen and oxygen atoms in total. The Morgan fingerprint density at radius 2 is 2.46 bits per heavy atom. The van der Waals surface area contributed by atoms with Crippen molar-refractivity contribution in [3.63, 3.8) is 0 Å². The van der Waals surface area contributed by atoms with E-state index < -0.39 is 11.0 Å². The maximum atomic E-state index is 11.4. The van der Waals surface area contributed by atoms with Crippen LogP contribution in [0.4, 0.5) is 0 Å². The van der Waals surface area contributed by atoms with Gasteiger partial charge in [0.15, 0.2) is 0 Å². The van der Waals surface area contributed by atoms with Crippen LogP contribution in [0.15, 0.2) is 0 Å². The van der Waals surface area contributed by atoms with Crippen LogP contribution in [-0.4, -0.2) is 29.1 Å². The molecule has 4 heteroatoms. The minimum atomic E-state index is -0.807. The zero-order valence-corrected chi connectivity index (χ0v) is 9.16. The number of piperidine rings is 1. The quantitative estimate of drug-likeness (QED) is 0.695. The predicted octanol–water partition coefficient (Wildman–Crippen LogP) is 0.792. The van der Waals surface area contributed by atoms with Crippen molar-refractivity contribution in [2.75, 3.05) is 18.8 Å². The highest BCUT2D eigenvalue weighted by molar-refractivity contribution is 7.83. The van der Waals surface area contributed by atoms with Crippen LogP contribution in [-0.2, 0) is 11.0 Å². The van der Waals surface area contributed by atoms with Gasteiger partial charge in [-0.25, -0.2) is 8.93 Å². The van der Waals surface area contributed by atoms with E-state index in [9.17, 15) is 4.21 Å². The minimum absolute atomic E-state index is 0.423. The van der Waals surface area contributed by atoms with Gasteiger partial charge in [-0.05, 0) is 25.8 Å². The van der Waals surface area contributed by atoms with E-state index >= 15 is 0 Å². The molecule has 78 valence electrons. The molecule has 1 heterocycles. The molecule has 2 unspecified atom stereocenters. The molecule has 0 aromatic rings. The zero-order valence-electron chi connectivity index (χ0n) is 8.34. The molecule has 0 radical (unpaired) electrons. The Morgan fingerprint density at radius 3 is 3.08 bits per heavy atom. The fraction of sp³-hybridized carbons (Fsp3) is 1.00. The van der Waals surface area contributed by atoms with Crippen molar-refractivity contribution in [3.8, 4) is 0 Å². The molecule has 0 spiro atoms. The lowest BCUT2D eigenvalue weighted by molar-refractivity contribution is 0.436. The standard InChI is InChI=1S/C9H20N2OS/c1-2-3-7-13(12)11-9-5-4-6-10-8-9/h9-11H,2-8H2,1H3. The lowest BCUT2D eigenvalue weighted by Gasteiger charge is -2.23. The summed E-state index contributed by atoms with van der Waals surface area (Å²) < 4.78 is 14.6. The Morgan fingerprint density at radius 1 is 1.62 bits per heavy atom. The Balaban J connectivity index is 2.11. The van der Waals surface area contributed by atoms with Crippen LogP contribution in [0.1, 0.15) is 32.6 Å². The summed E-state index contributed by atoms with van der Waals surface area (Å²) in [6, 6.07) is 0.423. The molecule has 2 N–H and O–H groups in total. The summed E-state index contributed by atoms with van der Waals surface area (Å²) in [5.41, 5.74) is 0. The summed E-state index contributed by atoms with van der Waals surface area (Å²) in [5.74, 6) is 0.799. The molecule has 1 aliphatic heterocycles. The maximum Gasteiger partial charge on any atom is 0.0918 e. The lowest BCUT2D eigenvalue weighted by Crippen LogP contribution is -2.44. The molecule has 1 rings (SSSR count). The third kappa shape index (κ3) is 4.74.